The van der Waals surface area contributed by atoms with E-state index in [4.69, 9.17) is 4.74 Å². The third-order valence-corrected chi connectivity index (χ3v) is 8.13. The van der Waals surface area contributed by atoms with Crippen molar-refractivity contribution in [1.82, 2.24) is 13.7 Å². The Morgan fingerprint density at radius 1 is 1.00 bits per heavy atom. The molecule has 0 spiro atoms. The Labute approximate surface area is 211 Å². The van der Waals surface area contributed by atoms with Gasteiger partial charge in [0.05, 0.1) is 17.4 Å². The van der Waals surface area contributed by atoms with Gasteiger partial charge in [-0.15, -0.1) is 0 Å². The summed E-state index contributed by atoms with van der Waals surface area (Å²) in [6.07, 6.45) is 14.4. The van der Waals surface area contributed by atoms with Gasteiger partial charge in [0.15, 0.2) is 5.65 Å². The first-order valence-electron chi connectivity index (χ1n) is 13.0. The van der Waals surface area contributed by atoms with Crippen LogP contribution in [0.25, 0.3) is 11.2 Å². The third-order valence-electron chi connectivity index (χ3n) is 7.61. The molecule has 35 heavy (non-hydrogen) atoms. The van der Waals surface area contributed by atoms with E-state index in [-0.39, 0.29) is 5.97 Å². The molecule has 184 valence electrons. The number of carbonyl (C=O) groups excluding carboxylic acids is 1. The van der Waals surface area contributed by atoms with Gasteiger partial charge in [0.1, 0.15) is 12.1 Å². The van der Waals surface area contributed by atoms with Crippen molar-refractivity contribution in [3.8, 4) is 0 Å². The highest BCUT2D eigenvalue weighted by molar-refractivity contribution is 7.00. The van der Waals surface area contributed by atoms with Crippen LogP contribution in [0.2, 0.25) is 0 Å². The molecule has 0 N–H and O–H groups in total. The number of esters is 1. The average molecular weight is 491 g/mol. The van der Waals surface area contributed by atoms with Gasteiger partial charge in [-0.25, -0.2) is 9.78 Å². The number of benzene rings is 1. The number of piperidine rings is 1. The van der Waals surface area contributed by atoms with E-state index in [1.54, 1.807) is 6.08 Å². The summed E-state index contributed by atoms with van der Waals surface area (Å²) in [6.45, 7) is 2.52. The Hall–Kier alpha value is -2.80. The number of fused-ring (bicyclic) bond motifs is 1. The van der Waals surface area contributed by atoms with Gasteiger partial charge in [0.25, 0.3) is 0 Å². The second-order valence-electron chi connectivity index (χ2n) is 9.97. The molecule has 1 aliphatic carbocycles. The lowest BCUT2D eigenvalue weighted by atomic mass is 9.86. The topological polar surface area (TPSA) is 68.2 Å². The smallest absolute Gasteiger partial charge is 0.331 e. The van der Waals surface area contributed by atoms with Crippen LogP contribution in [0.15, 0.2) is 54.2 Å². The van der Waals surface area contributed by atoms with E-state index in [1.807, 2.05) is 36.5 Å². The van der Waals surface area contributed by atoms with Crippen LogP contribution in [0.5, 0.6) is 0 Å². The fraction of sp³-hybridized carbons (Fsp3) is 0.500. The third kappa shape index (κ3) is 6.45. The molecule has 6 nitrogen and oxygen atoms in total. The van der Waals surface area contributed by atoms with Crippen molar-refractivity contribution in [2.75, 3.05) is 18.0 Å². The standard InChI is InChI=1S/C28H34N4O2S/c33-26(34-20-24-5-2-1-3-6-24)19-23-8-4-7-21(11-12-23)9-10-22-14-17-32(18-15-22)25-13-16-29-28-27(25)30-35-31-28/h1-3,5-6,13,16,19,21-22H,4,7-12,14-15,17-18,20H2. The molecule has 2 aromatic heterocycles. The highest BCUT2D eigenvalue weighted by Crippen LogP contribution is 2.34. The van der Waals surface area contributed by atoms with Gasteiger partial charge in [0, 0.05) is 25.4 Å². The van der Waals surface area contributed by atoms with Crippen LogP contribution >= 0.6 is 11.7 Å². The molecule has 1 atom stereocenters. The van der Waals surface area contributed by atoms with Gasteiger partial charge in [-0.05, 0) is 62.0 Å². The predicted octanol–water partition coefficient (Wildman–Crippen LogP) is 6.33. The molecule has 1 unspecified atom stereocenters. The van der Waals surface area contributed by atoms with Crippen LogP contribution in [0.1, 0.15) is 63.4 Å². The zero-order valence-electron chi connectivity index (χ0n) is 20.3. The van der Waals surface area contributed by atoms with E-state index in [9.17, 15) is 4.79 Å². The lowest BCUT2D eigenvalue weighted by Gasteiger charge is -2.34. The van der Waals surface area contributed by atoms with Gasteiger partial charge in [0.2, 0.25) is 0 Å². The molecule has 3 aromatic rings. The monoisotopic (exact) mass is 490 g/mol. The normalized spacial score (nSPS) is 20.7. The summed E-state index contributed by atoms with van der Waals surface area (Å²) in [7, 11) is 0. The second kappa shape index (κ2) is 11.8. The highest BCUT2D eigenvalue weighted by Gasteiger charge is 2.23. The number of ether oxygens (including phenoxy) is 1. The van der Waals surface area contributed by atoms with Gasteiger partial charge in [-0.2, -0.15) is 8.75 Å². The molecule has 2 aliphatic rings. The Kier molecular flexibility index (Phi) is 8.03. The van der Waals surface area contributed by atoms with E-state index in [0.29, 0.717) is 6.61 Å². The molecule has 1 aliphatic heterocycles. The van der Waals surface area contributed by atoms with Crippen LogP contribution in [0.3, 0.4) is 0 Å². The number of rotatable bonds is 7. The fourth-order valence-electron chi connectivity index (χ4n) is 5.52. The average Bonchev–Trinajstić information content (AvgIpc) is 3.28. The zero-order chi connectivity index (χ0) is 23.9. The molecule has 5 rings (SSSR count). The van der Waals surface area contributed by atoms with E-state index in [0.717, 1.165) is 54.5 Å². The number of nitrogens with zero attached hydrogens (tertiary/aromatic N) is 4. The Balaban J connectivity index is 1.04. The van der Waals surface area contributed by atoms with Crippen molar-refractivity contribution in [3.05, 3.63) is 59.8 Å². The minimum absolute atomic E-state index is 0.200. The minimum atomic E-state index is -0.200. The van der Waals surface area contributed by atoms with Gasteiger partial charge >= 0.3 is 5.97 Å². The van der Waals surface area contributed by atoms with Crippen molar-refractivity contribution >= 4 is 34.5 Å². The number of anilines is 1. The van der Waals surface area contributed by atoms with Crippen molar-refractivity contribution in [2.45, 2.75) is 64.4 Å². The second-order valence-corrected chi connectivity index (χ2v) is 10.5. The summed E-state index contributed by atoms with van der Waals surface area (Å²) in [6, 6.07) is 12.0. The maximum absolute atomic E-state index is 12.3. The van der Waals surface area contributed by atoms with Crippen molar-refractivity contribution in [1.29, 1.82) is 0 Å². The van der Waals surface area contributed by atoms with E-state index >= 15 is 0 Å². The SMILES string of the molecule is O=C(C=C1CCCC(CCC2CCN(c3ccnc4nsnc34)CC2)CC1)OCc1ccccc1. The van der Waals surface area contributed by atoms with Crippen molar-refractivity contribution in [2.24, 2.45) is 11.8 Å². The molecule has 7 heteroatoms. The lowest BCUT2D eigenvalue weighted by molar-refractivity contribution is -0.139. The molecule has 1 aromatic carbocycles. The summed E-state index contributed by atoms with van der Waals surface area (Å²) in [5, 5.41) is 0. The number of hydrogen-bond donors (Lipinski definition) is 0. The quantitative estimate of drug-likeness (QED) is 0.219. The fourth-order valence-corrected chi connectivity index (χ4v) is 6.03. The highest BCUT2D eigenvalue weighted by atomic mass is 32.1. The number of carbonyl (C=O) groups is 1. The summed E-state index contributed by atoms with van der Waals surface area (Å²) in [4.78, 5) is 19.1. The van der Waals surface area contributed by atoms with E-state index < -0.39 is 0 Å². The first-order valence-corrected chi connectivity index (χ1v) is 13.7. The Morgan fingerprint density at radius 3 is 2.63 bits per heavy atom. The molecular formula is C28H34N4O2S. The number of aromatic nitrogens is 3. The molecule has 0 amide bonds. The minimum Gasteiger partial charge on any atom is -0.458 e. The van der Waals surface area contributed by atoms with Gasteiger partial charge < -0.3 is 9.64 Å². The number of hydrogen-bond acceptors (Lipinski definition) is 7. The van der Waals surface area contributed by atoms with Gasteiger partial charge in [-0.3, -0.25) is 0 Å². The first-order chi connectivity index (χ1) is 17.2. The van der Waals surface area contributed by atoms with Crippen molar-refractivity contribution < 1.29 is 9.53 Å². The predicted molar refractivity (Wildman–Crippen MR) is 140 cm³/mol. The van der Waals surface area contributed by atoms with Crippen LogP contribution in [0.4, 0.5) is 5.69 Å². The van der Waals surface area contributed by atoms with Crippen LogP contribution in [-0.2, 0) is 16.1 Å². The van der Waals surface area contributed by atoms with Crippen molar-refractivity contribution in [3.63, 3.8) is 0 Å². The number of pyridine rings is 1. The summed E-state index contributed by atoms with van der Waals surface area (Å²) < 4.78 is 14.2. The largest absolute Gasteiger partial charge is 0.458 e. The zero-order valence-corrected chi connectivity index (χ0v) is 21.1. The molecule has 3 heterocycles. The molecule has 1 saturated heterocycles. The Morgan fingerprint density at radius 2 is 1.80 bits per heavy atom. The van der Waals surface area contributed by atoms with Crippen LogP contribution in [0, 0.1) is 11.8 Å². The maximum Gasteiger partial charge on any atom is 0.331 e. The summed E-state index contributed by atoms with van der Waals surface area (Å²) in [5.74, 6) is 1.39. The molecule has 0 bridgehead atoms. The van der Waals surface area contributed by atoms with Crippen LogP contribution < -0.4 is 4.90 Å². The molecular weight excluding hydrogens is 456 g/mol. The molecule has 1 saturated carbocycles. The Bertz CT molecular complexity index is 1140. The summed E-state index contributed by atoms with van der Waals surface area (Å²) >= 11 is 1.24. The maximum atomic E-state index is 12.3. The van der Waals surface area contributed by atoms with Gasteiger partial charge in [-0.1, -0.05) is 55.2 Å². The molecule has 2 fully saturated rings. The van der Waals surface area contributed by atoms with E-state index in [2.05, 4.69) is 24.7 Å². The van der Waals surface area contributed by atoms with Crippen LogP contribution in [-0.4, -0.2) is 32.8 Å². The number of allylic oxidation sites excluding steroid dienone is 1. The van der Waals surface area contributed by atoms with E-state index in [1.165, 1.54) is 67.9 Å². The first kappa shape index (κ1) is 23.9. The lowest BCUT2D eigenvalue weighted by Crippen LogP contribution is -2.34. The molecule has 0 radical (unpaired) electrons. The summed E-state index contributed by atoms with van der Waals surface area (Å²) in [5.41, 5.74) is 5.19.